The average Bonchev–Trinajstić information content (AvgIpc) is 2.71. The van der Waals surface area contributed by atoms with E-state index in [1.807, 2.05) is 11.8 Å². The van der Waals surface area contributed by atoms with E-state index in [0.29, 0.717) is 5.69 Å². The monoisotopic (exact) mass is 279 g/mol. The van der Waals surface area contributed by atoms with E-state index >= 15 is 0 Å². The van der Waals surface area contributed by atoms with Gasteiger partial charge in [-0.05, 0) is 36.1 Å². The van der Waals surface area contributed by atoms with Crippen LogP contribution in [0.5, 0.6) is 0 Å². The molecule has 1 aliphatic heterocycles. The molecule has 94 valence electrons. The van der Waals surface area contributed by atoms with E-state index in [1.54, 1.807) is 18.2 Å². The van der Waals surface area contributed by atoms with Crippen molar-refractivity contribution in [1.29, 1.82) is 0 Å². The molecule has 1 aliphatic rings. The largest absolute Gasteiger partial charge is 0.446 e. The van der Waals surface area contributed by atoms with Crippen LogP contribution in [0.25, 0.3) is 0 Å². The number of anilines is 1. The maximum atomic E-state index is 12.4. The number of rotatable bonds is 3. The number of benzene rings is 1. The summed E-state index contributed by atoms with van der Waals surface area (Å²) in [6.07, 6.45) is 1.01. The Morgan fingerprint density at radius 3 is 2.71 bits per heavy atom. The summed E-state index contributed by atoms with van der Waals surface area (Å²) in [4.78, 5) is 0.247. The fourth-order valence-corrected chi connectivity index (χ4v) is 3.45. The summed E-state index contributed by atoms with van der Waals surface area (Å²) in [5.74, 6) is 2.04. The average molecular weight is 279 g/mol. The SMILES string of the molecule is FC(F)(F)Sc1ccccc1NC1CCSC1. The van der Waals surface area contributed by atoms with Gasteiger partial charge in [-0.2, -0.15) is 24.9 Å². The van der Waals surface area contributed by atoms with Gasteiger partial charge in [-0.3, -0.25) is 0 Å². The number of hydrogen-bond donors (Lipinski definition) is 1. The van der Waals surface area contributed by atoms with Gasteiger partial charge in [0.1, 0.15) is 0 Å². The molecular weight excluding hydrogens is 267 g/mol. The molecule has 1 aromatic carbocycles. The van der Waals surface area contributed by atoms with Crippen LogP contribution in [-0.2, 0) is 0 Å². The van der Waals surface area contributed by atoms with Gasteiger partial charge in [0.05, 0.1) is 0 Å². The first-order valence-corrected chi connectivity index (χ1v) is 7.21. The van der Waals surface area contributed by atoms with Gasteiger partial charge in [-0.25, -0.2) is 0 Å². The summed E-state index contributed by atoms with van der Waals surface area (Å²) in [5.41, 5.74) is -3.65. The summed E-state index contributed by atoms with van der Waals surface area (Å²) >= 11 is 1.77. The maximum absolute atomic E-state index is 12.4. The molecule has 0 spiro atoms. The summed E-state index contributed by atoms with van der Waals surface area (Å²) in [6.45, 7) is 0. The van der Waals surface area contributed by atoms with Gasteiger partial charge in [0.2, 0.25) is 0 Å². The van der Waals surface area contributed by atoms with Crippen LogP contribution in [0.1, 0.15) is 6.42 Å². The number of halogens is 3. The summed E-state index contributed by atoms with van der Waals surface area (Å²) in [5, 5.41) is 3.19. The molecule has 1 aromatic rings. The molecule has 1 unspecified atom stereocenters. The third kappa shape index (κ3) is 4.03. The standard InChI is InChI=1S/C11H12F3NS2/c12-11(13,14)17-10-4-2-1-3-9(10)15-8-5-6-16-7-8/h1-4,8,15H,5-7H2. The second kappa shape index (κ2) is 5.44. The molecule has 0 amide bonds. The van der Waals surface area contributed by atoms with Crippen molar-refractivity contribution in [3.05, 3.63) is 24.3 Å². The Bertz CT molecular complexity index is 375. The molecule has 1 saturated heterocycles. The van der Waals surface area contributed by atoms with Gasteiger partial charge in [0, 0.05) is 22.4 Å². The van der Waals surface area contributed by atoms with Gasteiger partial charge in [-0.1, -0.05) is 12.1 Å². The normalized spacial score (nSPS) is 20.5. The lowest BCUT2D eigenvalue weighted by molar-refractivity contribution is -0.0327. The van der Waals surface area contributed by atoms with Crippen LogP contribution in [0.3, 0.4) is 0 Å². The Morgan fingerprint density at radius 1 is 1.29 bits per heavy atom. The van der Waals surface area contributed by atoms with Crippen LogP contribution >= 0.6 is 23.5 Å². The first kappa shape index (κ1) is 13.0. The number of thioether (sulfide) groups is 2. The van der Waals surface area contributed by atoms with Crippen molar-refractivity contribution in [1.82, 2.24) is 0 Å². The molecule has 17 heavy (non-hydrogen) atoms. The first-order chi connectivity index (χ1) is 8.04. The van der Waals surface area contributed by atoms with E-state index in [9.17, 15) is 13.2 Å². The van der Waals surface area contributed by atoms with Crippen molar-refractivity contribution in [2.24, 2.45) is 0 Å². The summed E-state index contributed by atoms with van der Waals surface area (Å²) in [7, 11) is 0. The highest BCUT2D eigenvalue weighted by Gasteiger charge is 2.30. The molecule has 0 radical (unpaired) electrons. The fraction of sp³-hybridized carbons (Fsp3) is 0.455. The molecule has 1 N–H and O–H groups in total. The molecular formula is C11H12F3NS2. The van der Waals surface area contributed by atoms with Crippen LogP contribution in [-0.4, -0.2) is 23.1 Å². The van der Waals surface area contributed by atoms with Crippen LogP contribution < -0.4 is 5.32 Å². The van der Waals surface area contributed by atoms with E-state index < -0.39 is 5.51 Å². The molecule has 0 aliphatic carbocycles. The third-order valence-electron chi connectivity index (χ3n) is 2.40. The molecule has 0 aromatic heterocycles. The van der Waals surface area contributed by atoms with Crippen molar-refractivity contribution >= 4 is 29.2 Å². The lowest BCUT2D eigenvalue weighted by Crippen LogP contribution is -2.18. The molecule has 0 saturated carbocycles. The molecule has 6 heteroatoms. The Hall–Kier alpha value is -0.490. The summed E-state index contributed by atoms with van der Waals surface area (Å²) in [6, 6.07) is 6.88. The lowest BCUT2D eigenvalue weighted by atomic mass is 10.2. The van der Waals surface area contributed by atoms with Crippen molar-refractivity contribution < 1.29 is 13.2 Å². The van der Waals surface area contributed by atoms with Crippen LogP contribution in [0, 0.1) is 0 Å². The Kier molecular flexibility index (Phi) is 4.14. The minimum atomic E-state index is -4.23. The highest BCUT2D eigenvalue weighted by molar-refractivity contribution is 8.00. The van der Waals surface area contributed by atoms with Crippen LogP contribution in [0.2, 0.25) is 0 Å². The number of hydrogen-bond acceptors (Lipinski definition) is 3. The molecule has 1 atom stereocenters. The van der Waals surface area contributed by atoms with Gasteiger partial charge in [0.25, 0.3) is 0 Å². The zero-order chi connectivity index (χ0) is 12.3. The zero-order valence-corrected chi connectivity index (χ0v) is 10.6. The van der Waals surface area contributed by atoms with E-state index in [-0.39, 0.29) is 22.7 Å². The minimum Gasteiger partial charge on any atom is -0.381 e. The molecule has 1 heterocycles. The number of nitrogens with one attached hydrogen (secondary N) is 1. The summed E-state index contributed by atoms with van der Waals surface area (Å²) < 4.78 is 37.1. The van der Waals surface area contributed by atoms with Gasteiger partial charge in [-0.15, -0.1) is 0 Å². The van der Waals surface area contributed by atoms with Gasteiger partial charge < -0.3 is 5.32 Å². The minimum absolute atomic E-state index is 0.0586. The Labute approximate surface area is 107 Å². The number of alkyl halides is 3. The van der Waals surface area contributed by atoms with Gasteiger partial charge in [0.15, 0.2) is 0 Å². The third-order valence-corrected chi connectivity index (χ3v) is 4.37. The second-order valence-electron chi connectivity index (χ2n) is 3.75. The van der Waals surface area contributed by atoms with Crippen molar-refractivity contribution in [2.75, 3.05) is 16.8 Å². The van der Waals surface area contributed by atoms with Crippen molar-refractivity contribution in [3.63, 3.8) is 0 Å². The first-order valence-electron chi connectivity index (χ1n) is 5.24. The Morgan fingerprint density at radius 2 is 2.06 bits per heavy atom. The van der Waals surface area contributed by atoms with Crippen LogP contribution in [0.15, 0.2) is 29.2 Å². The Balaban J connectivity index is 2.09. The molecule has 2 rings (SSSR count). The highest BCUT2D eigenvalue weighted by atomic mass is 32.2. The molecule has 1 nitrogen and oxygen atoms in total. The molecule has 1 fully saturated rings. The quantitative estimate of drug-likeness (QED) is 0.832. The van der Waals surface area contributed by atoms with Crippen molar-refractivity contribution in [3.8, 4) is 0 Å². The van der Waals surface area contributed by atoms with E-state index in [2.05, 4.69) is 5.32 Å². The zero-order valence-electron chi connectivity index (χ0n) is 8.96. The smallest absolute Gasteiger partial charge is 0.381 e. The number of para-hydroxylation sites is 1. The molecule has 0 bridgehead atoms. The van der Waals surface area contributed by atoms with E-state index in [1.165, 1.54) is 6.07 Å². The predicted octanol–water partition coefficient (Wildman–Crippen LogP) is 4.22. The van der Waals surface area contributed by atoms with Crippen LogP contribution in [0.4, 0.5) is 18.9 Å². The van der Waals surface area contributed by atoms with Gasteiger partial charge >= 0.3 is 5.51 Å². The predicted molar refractivity (Wildman–Crippen MR) is 67.7 cm³/mol. The van der Waals surface area contributed by atoms with Crippen molar-refractivity contribution in [2.45, 2.75) is 22.9 Å². The highest BCUT2D eigenvalue weighted by Crippen LogP contribution is 2.40. The van der Waals surface area contributed by atoms with E-state index in [4.69, 9.17) is 0 Å². The second-order valence-corrected chi connectivity index (χ2v) is 6.01. The fourth-order valence-electron chi connectivity index (χ4n) is 1.67. The lowest BCUT2D eigenvalue weighted by Gasteiger charge is -2.16. The topological polar surface area (TPSA) is 12.0 Å². The van der Waals surface area contributed by atoms with E-state index in [0.717, 1.165) is 17.9 Å². The maximum Gasteiger partial charge on any atom is 0.446 e.